The minimum Gasteiger partial charge on any atom is -0.497 e. The highest BCUT2D eigenvalue weighted by Crippen LogP contribution is 2.31. The van der Waals surface area contributed by atoms with Crippen LogP contribution in [0.25, 0.3) is 0 Å². The van der Waals surface area contributed by atoms with Crippen molar-refractivity contribution >= 4 is 23.3 Å². The highest BCUT2D eigenvalue weighted by atomic mass is 19.1. The van der Waals surface area contributed by atoms with Crippen LogP contribution in [-0.4, -0.2) is 43.0 Å². The number of methoxy groups -OCH3 is 1. The van der Waals surface area contributed by atoms with E-state index in [4.69, 9.17) is 4.74 Å². The average Bonchev–Trinajstić information content (AvgIpc) is 3.42. The largest absolute Gasteiger partial charge is 0.497 e. The van der Waals surface area contributed by atoms with Crippen LogP contribution >= 0.6 is 0 Å². The molecule has 0 spiro atoms. The van der Waals surface area contributed by atoms with Crippen LogP contribution < -0.4 is 19.9 Å². The monoisotopic (exact) mass is 490 g/mol. The van der Waals surface area contributed by atoms with Gasteiger partial charge < -0.3 is 15.0 Å². The first-order chi connectivity index (χ1) is 17.4. The topological polar surface area (TPSA) is 74.8 Å². The number of pyridine rings is 1. The maximum atomic E-state index is 14.0. The van der Waals surface area contributed by atoms with Crippen LogP contribution in [0, 0.1) is 5.82 Å². The van der Waals surface area contributed by atoms with Crippen LogP contribution in [0.1, 0.15) is 48.7 Å². The summed E-state index contributed by atoms with van der Waals surface area (Å²) < 4.78 is 19.0. The number of benzene rings is 2. The second-order valence-electron chi connectivity index (χ2n) is 9.09. The summed E-state index contributed by atoms with van der Waals surface area (Å²) in [6, 6.07) is 14.9. The fraction of sp³-hybridized carbons (Fsp3) is 0.321. The third-order valence-corrected chi connectivity index (χ3v) is 6.12. The zero-order valence-electron chi connectivity index (χ0n) is 20.8. The zero-order chi connectivity index (χ0) is 25.7. The fourth-order valence-corrected chi connectivity index (χ4v) is 4.34. The van der Waals surface area contributed by atoms with Crippen LogP contribution in [0.15, 0.2) is 66.9 Å². The van der Waals surface area contributed by atoms with E-state index in [1.807, 2.05) is 19.9 Å². The molecular formula is C28H31FN4O3. The number of amides is 2. The predicted molar refractivity (Wildman–Crippen MR) is 138 cm³/mol. The van der Waals surface area contributed by atoms with E-state index >= 15 is 0 Å². The molecule has 36 heavy (non-hydrogen) atoms. The van der Waals surface area contributed by atoms with Gasteiger partial charge in [0.1, 0.15) is 23.4 Å². The minimum atomic E-state index is -1.04. The first kappa shape index (κ1) is 25.2. The molecule has 7 nitrogen and oxygen atoms in total. The molecule has 1 N–H and O–H groups in total. The van der Waals surface area contributed by atoms with Gasteiger partial charge in [0.25, 0.3) is 5.91 Å². The number of anilines is 2. The highest BCUT2D eigenvalue weighted by Gasteiger charge is 2.34. The molecule has 3 aromatic rings. The Morgan fingerprint density at radius 2 is 1.67 bits per heavy atom. The maximum Gasteiger partial charge on any atom is 0.260 e. The lowest BCUT2D eigenvalue weighted by Gasteiger charge is -2.32. The molecule has 2 aromatic carbocycles. The lowest BCUT2D eigenvalue weighted by molar-refractivity contribution is -0.123. The van der Waals surface area contributed by atoms with Crippen LogP contribution in [0.5, 0.6) is 5.75 Å². The van der Waals surface area contributed by atoms with E-state index in [0.717, 1.165) is 31.7 Å². The maximum absolute atomic E-state index is 14.0. The van der Waals surface area contributed by atoms with Gasteiger partial charge in [-0.25, -0.2) is 9.37 Å². The van der Waals surface area contributed by atoms with Crippen molar-refractivity contribution < 1.29 is 18.7 Å². The number of nitrogens with one attached hydrogen (secondary N) is 1. The Hall–Kier alpha value is -3.94. The lowest BCUT2D eigenvalue weighted by atomic mass is 10.0. The van der Waals surface area contributed by atoms with E-state index in [2.05, 4.69) is 15.2 Å². The third kappa shape index (κ3) is 5.64. The Morgan fingerprint density at radius 3 is 2.22 bits per heavy atom. The standard InChI is InChI=1S/C28H31FN4O3/c1-19(2)31-27(34)26(20-6-9-22(29)10-7-20)33(23-11-13-24(36-3)14-12-23)28(35)21-8-15-25(30-18-21)32-16-4-5-17-32/h6-15,18-19,26H,4-5,16-17H2,1-3H3,(H,31,34). The van der Waals surface area contributed by atoms with E-state index in [1.54, 1.807) is 43.6 Å². The molecule has 0 bridgehead atoms. The molecule has 4 rings (SSSR count). The molecule has 2 heterocycles. The van der Waals surface area contributed by atoms with Crippen LogP contribution in [0.2, 0.25) is 0 Å². The first-order valence-corrected chi connectivity index (χ1v) is 12.1. The van der Waals surface area contributed by atoms with Crippen molar-refractivity contribution in [1.29, 1.82) is 0 Å². The van der Waals surface area contributed by atoms with E-state index in [-0.39, 0.29) is 11.9 Å². The zero-order valence-corrected chi connectivity index (χ0v) is 20.8. The number of hydrogen-bond acceptors (Lipinski definition) is 5. The van der Waals surface area contributed by atoms with Gasteiger partial charge in [0.2, 0.25) is 5.91 Å². The van der Waals surface area contributed by atoms with Crippen molar-refractivity contribution in [1.82, 2.24) is 10.3 Å². The summed E-state index contributed by atoms with van der Waals surface area (Å²) in [7, 11) is 1.56. The number of carbonyl (C=O) groups excluding carboxylic acids is 2. The number of aromatic nitrogens is 1. The molecule has 1 unspecified atom stereocenters. The summed E-state index contributed by atoms with van der Waals surface area (Å²) in [6.45, 7) is 5.58. The van der Waals surface area contributed by atoms with Gasteiger partial charge in [0, 0.05) is 31.0 Å². The Labute approximate surface area is 210 Å². The molecule has 1 aliphatic rings. The van der Waals surface area contributed by atoms with E-state index < -0.39 is 17.8 Å². The molecule has 8 heteroatoms. The van der Waals surface area contributed by atoms with Gasteiger partial charge in [-0.15, -0.1) is 0 Å². The Bertz CT molecular complexity index is 1170. The summed E-state index contributed by atoms with van der Waals surface area (Å²) in [6.07, 6.45) is 3.80. The molecule has 0 saturated carbocycles. The van der Waals surface area contributed by atoms with Crippen molar-refractivity contribution in [2.75, 3.05) is 30.0 Å². The van der Waals surface area contributed by atoms with E-state index in [9.17, 15) is 14.0 Å². The van der Waals surface area contributed by atoms with Gasteiger partial charge in [0.15, 0.2) is 0 Å². The fourth-order valence-electron chi connectivity index (χ4n) is 4.34. The second kappa shape index (κ2) is 11.2. The Balaban J connectivity index is 1.78. The van der Waals surface area contributed by atoms with Gasteiger partial charge in [0.05, 0.1) is 12.7 Å². The lowest BCUT2D eigenvalue weighted by Crippen LogP contribution is -2.45. The third-order valence-electron chi connectivity index (χ3n) is 6.12. The first-order valence-electron chi connectivity index (χ1n) is 12.1. The number of rotatable bonds is 8. The summed E-state index contributed by atoms with van der Waals surface area (Å²) in [5, 5.41) is 2.91. The van der Waals surface area contributed by atoms with Crippen molar-refractivity contribution in [3.63, 3.8) is 0 Å². The molecule has 2 amide bonds. The number of halogens is 1. The van der Waals surface area contributed by atoms with Gasteiger partial charge in [-0.05, 0) is 80.8 Å². The van der Waals surface area contributed by atoms with Gasteiger partial charge in [-0.2, -0.15) is 0 Å². The SMILES string of the molecule is COc1ccc(N(C(=O)c2ccc(N3CCCC3)nc2)C(C(=O)NC(C)C)c2ccc(F)cc2)cc1. The quantitative estimate of drug-likeness (QED) is 0.494. The summed E-state index contributed by atoms with van der Waals surface area (Å²) >= 11 is 0. The number of carbonyl (C=O) groups is 2. The number of ether oxygens (including phenoxy) is 1. The van der Waals surface area contributed by atoms with Crippen LogP contribution in [0.4, 0.5) is 15.9 Å². The summed E-state index contributed by atoms with van der Waals surface area (Å²) in [4.78, 5) is 35.6. The predicted octanol–water partition coefficient (Wildman–Crippen LogP) is 4.74. The normalized spacial score (nSPS) is 14.0. The van der Waals surface area contributed by atoms with Gasteiger partial charge >= 0.3 is 0 Å². The van der Waals surface area contributed by atoms with Crippen LogP contribution in [-0.2, 0) is 4.79 Å². The molecule has 0 aliphatic carbocycles. The molecule has 1 saturated heterocycles. The second-order valence-corrected chi connectivity index (χ2v) is 9.09. The summed E-state index contributed by atoms with van der Waals surface area (Å²) in [5.74, 6) is 0.252. The van der Waals surface area contributed by atoms with E-state index in [0.29, 0.717) is 22.6 Å². The van der Waals surface area contributed by atoms with Crippen molar-refractivity contribution in [2.45, 2.75) is 38.8 Å². The summed E-state index contributed by atoms with van der Waals surface area (Å²) in [5.41, 5.74) is 1.33. The molecule has 1 atom stereocenters. The van der Waals surface area contributed by atoms with Crippen molar-refractivity contribution in [3.05, 3.63) is 83.8 Å². The minimum absolute atomic E-state index is 0.158. The smallest absolute Gasteiger partial charge is 0.260 e. The average molecular weight is 491 g/mol. The van der Waals surface area contributed by atoms with Crippen molar-refractivity contribution in [2.24, 2.45) is 0 Å². The number of hydrogen-bond donors (Lipinski definition) is 1. The highest BCUT2D eigenvalue weighted by molar-refractivity contribution is 6.10. The molecule has 1 aromatic heterocycles. The van der Waals surface area contributed by atoms with Gasteiger partial charge in [-0.3, -0.25) is 14.5 Å². The molecule has 188 valence electrons. The molecule has 1 fully saturated rings. The Kier molecular flexibility index (Phi) is 7.83. The molecule has 0 radical (unpaired) electrons. The Morgan fingerprint density at radius 1 is 1.00 bits per heavy atom. The van der Waals surface area contributed by atoms with Crippen LogP contribution in [0.3, 0.4) is 0 Å². The van der Waals surface area contributed by atoms with Gasteiger partial charge in [-0.1, -0.05) is 12.1 Å². The number of nitrogens with zero attached hydrogens (tertiary/aromatic N) is 3. The molecular weight excluding hydrogens is 459 g/mol. The molecule has 1 aliphatic heterocycles. The van der Waals surface area contributed by atoms with E-state index in [1.165, 1.54) is 29.2 Å². The van der Waals surface area contributed by atoms with Crippen molar-refractivity contribution in [3.8, 4) is 5.75 Å².